The maximum absolute atomic E-state index is 6.57. The summed E-state index contributed by atoms with van der Waals surface area (Å²) in [4.78, 5) is 0. The Morgan fingerprint density at radius 1 is 1.08 bits per heavy atom. The fraction of sp³-hybridized carbons (Fsp3) is 0.684. The van der Waals surface area contributed by atoms with Gasteiger partial charge in [-0.05, 0) is 24.5 Å². The Labute approximate surface area is 141 Å². The maximum Gasteiger partial charge on any atom is 0.171 e. The van der Waals surface area contributed by atoms with E-state index in [1.165, 1.54) is 24.0 Å². The van der Waals surface area contributed by atoms with Crippen LogP contribution in [0.15, 0.2) is 12.1 Å². The van der Waals surface area contributed by atoms with Gasteiger partial charge in [-0.15, -0.1) is 0 Å². The van der Waals surface area contributed by atoms with Crippen molar-refractivity contribution in [2.45, 2.75) is 62.3 Å². The molecule has 4 heterocycles. The van der Waals surface area contributed by atoms with Crippen LogP contribution in [0.3, 0.4) is 0 Å². The van der Waals surface area contributed by atoms with Crippen LogP contribution < -0.4 is 9.47 Å². The summed E-state index contributed by atoms with van der Waals surface area (Å²) in [5.41, 5.74) is 2.34. The van der Waals surface area contributed by atoms with Gasteiger partial charge in [0.2, 0.25) is 0 Å². The van der Waals surface area contributed by atoms with Crippen LogP contribution in [0, 0.1) is 5.41 Å². The molecule has 0 radical (unpaired) electrons. The molecule has 2 aliphatic carbocycles. The van der Waals surface area contributed by atoms with Gasteiger partial charge in [0.15, 0.2) is 12.6 Å². The van der Waals surface area contributed by atoms with Crippen molar-refractivity contribution in [2.75, 3.05) is 14.2 Å². The van der Waals surface area contributed by atoms with E-state index in [1.54, 1.807) is 14.2 Å². The molecule has 5 nitrogen and oxygen atoms in total. The van der Waals surface area contributed by atoms with E-state index in [-0.39, 0.29) is 35.6 Å². The van der Waals surface area contributed by atoms with E-state index in [9.17, 15) is 0 Å². The number of ether oxygens (including phenoxy) is 5. The van der Waals surface area contributed by atoms with E-state index >= 15 is 0 Å². The van der Waals surface area contributed by atoms with E-state index in [0.717, 1.165) is 30.8 Å². The van der Waals surface area contributed by atoms with Gasteiger partial charge in [0.25, 0.3) is 0 Å². The van der Waals surface area contributed by atoms with Crippen LogP contribution in [0.25, 0.3) is 0 Å². The van der Waals surface area contributed by atoms with E-state index in [4.69, 9.17) is 23.7 Å². The summed E-state index contributed by atoms with van der Waals surface area (Å²) in [5.74, 6) is 1.79. The average molecular weight is 330 g/mol. The first-order chi connectivity index (χ1) is 11.7. The molecule has 1 aromatic carbocycles. The van der Waals surface area contributed by atoms with Crippen molar-refractivity contribution in [2.24, 2.45) is 5.41 Å². The third kappa shape index (κ3) is 1.30. The van der Waals surface area contributed by atoms with Gasteiger partial charge < -0.3 is 23.7 Å². The molecule has 0 N–H and O–H groups in total. The van der Waals surface area contributed by atoms with Gasteiger partial charge in [0.1, 0.15) is 11.5 Å². The van der Waals surface area contributed by atoms with Crippen LogP contribution in [-0.4, -0.2) is 32.4 Å². The third-order valence-electron chi connectivity index (χ3n) is 7.17. The Balaban J connectivity index is 1.67. The summed E-state index contributed by atoms with van der Waals surface area (Å²) in [5, 5.41) is 0. The van der Waals surface area contributed by atoms with Crippen LogP contribution >= 0.6 is 0 Å². The standard InChI is InChI=1S/C19H22O5/c1-20-10-7-11-14(12(8-10)21-2)15-17-22-13-9-18(16(11)23-17)5-3-4-6-19(15,18)24-13/h7-8,13,15-17H,3-6,9H2,1-2H3/t13-,15+,16+,17-,18+,19-/m0/s1. The Hall–Kier alpha value is -1.30. The first-order valence-corrected chi connectivity index (χ1v) is 8.97. The van der Waals surface area contributed by atoms with E-state index < -0.39 is 0 Å². The molecule has 128 valence electrons. The van der Waals surface area contributed by atoms with E-state index in [0.29, 0.717) is 0 Å². The highest BCUT2D eigenvalue weighted by atomic mass is 16.8. The van der Waals surface area contributed by atoms with Crippen molar-refractivity contribution in [1.29, 1.82) is 0 Å². The summed E-state index contributed by atoms with van der Waals surface area (Å²) in [6.45, 7) is 0. The molecule has 24 heavy (non-hydrogen) atoms. The molecule has 6 atom stereocenters. The Bertz CT molecular complexity index is 733. The van der Waals surface area contributed by atoms with Crippen molar-refractivity contribution in [3.63, 3.8) is 0 Å². The minimum Gasteiger partial charge on any atom is -0.497 e. The summed E-state index contributed by atoms with van der Waals surface area (Å²) < 4.78 is 30.5. The quantitative estimate of drug-likeness (QED) is 0.833. The smallest absolute Gasteiger partial charge is 0.171 e. The molecule has 6 aliphatic rings. The van der Waals surface area contributed by atoms with Crippen LogP contribution in [0.4, 0.5) is 0 Å². The van der Waals surface area contributed by atoms with Crippen LogP contribution in [0.1, 0.15) is 55.3 Å². The zero-order valence-electron chi connectivity index (χ0n) is 14.0. The highest BCUT2D eigenvalue weighted by Gasteiger charge is 2.78. The molecule has 5 heteroatoms. The summed E-state index contributed by atoms with van der Waals surface area (Å²) in [7, 11) is 3.43. The third-order valence-corrected chi connectivity index (χ3v) is 7.17. The van der Waals surface area contributed by atoms with Crippen molar-refractivity contribution in [3.8, 4) is 11.5 Å². The van der Waals surface area contributed by atoms with Gasteiger partial charge in [0, 0.05) is 23.5 Å². The minimum atomic E-state index is -0.211. The molecule has 1 saturated carbocycles. The second kappa shape index (κ2) is 4.26. The zero-order chi connectivity index (χ0) is 16.1. The molecular weight excluding hydrogens is 308 g/mol. The second-order valence-electron chi connectivity index (χ2n) is 7.84. The summed E-state index contributed by atoms with van der Waals surface area (Å²) >= 11 is 0. The molecule has 0 aromatic heterocycles. The number of hydrogen-bond acceptors (Lipinski definition) is 5. The summed E-state index contributed by atoms with van der Waals surface area (Å²) in [6, 6.07) is 4.11. The zero-order valence-corrected chi connectivity index (χ0v) is 14.0. The van der Waals surface area contributed by atoms with Crippen molar-refractivity contribution in [3.05, 3.63) is 23.3 Å². The first kappa shape index (κ1) is 13.9. The molecule has 0 unspecified atom stereocenters. The molecule has 4 aliphatic heterocycles. The highest BCUT2D eigenvalue weighted by molar-refractivity contribution is 5.56. The van der Waals surface area contributed by atoms with E-state index in [2.05, 4.69) is 6.07 Å². The number of benzene rings is 1. The predicted molar refractivity (Wildman–Crippen MR) is 84.1 cm³/mol. The Morgan fingerprint density at radius 2 is 1.96 bits per heavy atom. The van der Waals surface area contributed by atoms with Gasteiger partial charge >= 0.3 is 0 Å². The van der Waals surface area contributed by atoms with Gasteiger partial charge in [-0.3, -0.25) is 0 Å². The molecule has 0 amide bonds. The number of fused-ring (bicyclic) bond motifs is 1. The van der Waals surface area contributed by atoms with Crippen LogP contribution in [0.5, 0.6) is 11.5 Å². The second-order valence-corrected chi connectivity index (χ2v) is 7.84. The van der Waals surface area contributed by atoms with Crippen molar-refractivity contribution in [1.82, 2.24) is 0 Å². The number of rotatable bonds is 2. The van der Waals surface area contributed by atoms with Gasteiger partial charge in [0.05, 0.1) is 31.8 Å². The molecule has 5 bridgehead atoms. The molecule has 3 saturated heterocycles. The SMILES string of the molecule is COc1cc(OC)c2c(c1)[C@H]1O[C@@H]3O[C@@H]4C[C@]15CCCC[C@]5(O4)[C@H]23. The van der Waals surface area contributed by atoms with Gasteiger partial charge in [-0.25, -0.2) is 0 Å². The molecule has 1 spiro atoms. The monoisotopic (exact) mass is 330 g/mol. The molecular formula is C19H22O5. The lowest BCUT2D eigenvalue weighted by Gasteiger charge is -2.64. The minimum absolute atomic E-state index is 0.0132. The molecule has 7 rings (SSSR count). The van der Waals surface area contributed by atoms with Crippen molar-refractivity contribution >= 4 is 0 Å². The number of methoxy groups -OCH3 is 2. The largest absolute Gasteiger partial charge is 0.497 e. The van der Waals surface area contributed by atoms with Gasteiger partial charge in [-0.1, -0.05) is 12.8 Å². The highest BCUT2D eigenvalue weighted by Crippen LogP contribution is 2.76. The Kier molecular flexibility index (Phi) is 2.47. The van der Waals surface area contributed by atoms with Gasteiger partial charge in [-0.2, -0.15) is 0 Å². The Morgan fingerprint density at radius 3 is 2.79 bits per heavy atom. The lowest BCUT2D eigenvalue weighted by Crippen LogP contribution is -2.66. The first-order valence-electron chi connectivity index (χ1n) is 8.97. The molecule has 1 aromatic rings. The fourth-order valence-corrected chi connectivity index (χ4v) is 6.41. The van der Waals surface area contributed by atoms with E-state index in [1.807, 2.05) is 6.07 Å². The van der Waals surface area contributed by atoms with Crippen molar-refractivity contribution < 1.29 is 23.7 Å². The molecule has 4 fully saturated rings. The summed E-state index contributed by atoms with van der Waals surface area (Å²) in [6.07, 6.45) is 5.35. The lowest BCUT2D eigenvalue weighted by atomic mass is 9.49. The normalized spacial score (nSPS) is 46.6. The fourth-order valence-electron chi connectivity index (χ4n) is 6.41. The lowest BCUT2D eigenvalue weighted by molar-refractivity contribution is -0.386. The topological polar surface area (TPSA) is 46.2 Å². The van der Waals surface area contributed by atoms with Crippen LogP contribution in [0.2, 0.25) is 0 Å². The number of hydrogen-bond donors (Lipinski definition) is 0. The predicted octanol–water partition coefficient (Wildman–Crippen LogP) is 3.27. The maximum atomic E-state index is 6.57. The van der Waals surface area contributed by atoms with Crippen LogP contribution in [-0.2, 0) is 14.2 Å². The average Bonchev–Trinajstić information content (AvgIpc) is 2.84.